The fourth-order valence-electron chi connectivity index (χ4n) is 4.25. The third-order valence-electron chi connectivity index (χ3n) is 6.01. The molecule has 0 amide bonds. The van der Waals surface area contributed by atoms with Gasteiger partial charge in [0.2, 0.25) is 0 Å². The minimum atomic E-state index is -0.680. The van der Waals surface area contributed by atoms with Gasteiger partial charge in [-0.1, -0.05) is 59.9 Å². The minimum Gasteiger partial charge on any atom is -0.458 e. The zero-order chi connectivity index (χ0) is 26.8. The molecule has 1 aliphatic rings. The first-order valence-corrected chi connectivity index (χ1v) is 14.1. The average Bonchev–Trinajstić information content (AvgIpc) is 3.51. The molecule has 0 radical (unpaired) electrons. The van der Waals surface area contributed by atoms with Gasteiger partial charge in [-0.15, -0.1) is 11.8 Å². The zero-order valence-corrected chi connectivity index (χ0v) is 23.0. The Morgan fingerprint density at radius 3 is 2.74 bits per heavy atom. The highest BCUT2D eigenvalue weighted by Crippen LogP contribution is 2.32. The molecule has 0 fully saturated rings. The van der Waals surface area contributed by atoms with Gasteiger partial charge in [-0.2, -0.15) is 0 Å². The highest BCUT2D eigenvalue weighted by molar-refractivity contribution is 7.98. The van der Waals surface area contributed by atoms with Crippen molar-refractivity contribution in [2.75, 3.05) is 12.9 Å². The number of carbonyl (C=O) groups excluding carboxylic acids is 1. The minimum absolute atomic E-state index is 0.0611. The standard InChI is InChI=1S/C29H23ClN2O4S2/c1-4-14-35-28(34)25-17(2)31-29-32(26(25)18-8-11-22(37-3)12-9-18)27(33)24(38-29)16-21-10-13-23(36-21)19-6-5-7-20(30)15-19/h4-13,15-16,26H,1,14H2,2-3H3/b24-16-/t26-/m0/s1. The largest absolute Gasteiger partial charge is 0.458 e. The summed E-state index contributed by atoms with van der Waals surface area (Å²) in [6.45, 7) is 5.44. The molecule has 0 aliphatic carbocycles. The van der Waals surface area contributed by atoms with Gasteiger partial charge in [-0.05, 0) is 55.1 Å². The van der Waals surface area contributed by atoms with E-state index in [0.717, 1.165) is 16.0 Å². The number of ether oxygens (including phenoxy) is 1. The Hall–Kier alpha value is -3.59. The van der Waals surface area contributed by atoms with Crippen molar-refractivity contribution in [2.24, 2.45) is 4.99 Å². The first-order chi connectivity index (χ1) is 18.4. The van der Waals surface area contributed by atoms with Crippen LogP contribution in [0.4, 0.5) is 0 Å². The second-order valence-electron chi connectivity index (χ2n) is 8.45. The lowest BCUT2D eigenvalue weighted by molar-refractivity contribution is -0.138. The number of aromatic nitrogens is 1. The normalized spacial score (nSPS) is 15.2. The van der Waals surface area contributed by atoms with Crippen LogP contribution in [0.25, 0.3) is 17.4 Å². The highest BCUT2D eigenvalue weighted by Gasteiger charge is 2.33. The molecule has 3 heterocycles. The lowest BCUT2D eigenvalue weighted by Crippen LogP contribution is -2.39. The molecule has 0 unspecified atom stereocenters. The SMILES string of the molecule is C=CCOC(=O)C1=C(C)N=c2s/c(=C\c3ccc(-c4cccc(Cl)c4)o3)c(=O)n2[C@H]1c1ccc(SC)cc1. The van der Waals surface area contributed by atoms with Crippen LogP contribution in [-0.2, 0) is 9.53 Å². The maximum absolute atomic E-state index is 13.8. The molecule has 0 bridgehead atoms. The summed E-state index contributed by atoms with van der Waals surface area (Å²) in [6.07, 6.45) is 5.19. The van der Waals surface area contributed by atoms with Gasteiger partial charge in [0.05, 0.1) is 21.8 Å². The molecule has 4 aromatic rings. The first kappa shape index (κ1) is 26.0. The van der Waals surface area contributed by atoms with Crippen molar-refractivity contribution < 1.29 is 13.9 Å². The third kappa shape index (κ3) is 5.07. The summed E-state index contributed by atoms with van der Waals surface area (Å²) in [6, 6.07) is 18.1. The molecule has 0 spiro atoms. The molecule has 5 rings (SSSR count). The number of allylic oxidation sites excluding steroid dienone is 1. The molecule has 0 saturated heterocycles. The fraction of sp³-hybridized carbons (Fsp3) is 0.138. The van der Waals surface area contributed by atoms with E-state index in [1.54, 1.807) is 41.5 Å². The molecule has 192 valence electrons. The van der Waals surface area contributed by atoms with Gasteiger partial charge >= 0.3 is 5.97 Å². The molecule has 1 aliphatic heterocycles. The van der Waals surface area contributed by atoms with Gasteiger partial charge in [0, 0.05) is 21.6 Å². The van der Waals surface area contributed by atoms with Crippen molar-refractivity contribution in [1.82, 2.24) is 4.57 Å². The van der Waals surface area contributed by atoms with Crippen LogP contribution >= 0.6 is 34.7 Å². The summed E-state index contributed by atoms with van der Waals surface area (Å²) in [5, 5.41) is 0.608. The highest BCUT2D eigenvalue weighted by atomic mass is 35.5. The Morgan fingerprint density at radius 1 is 1.24 bits per heavy atom. The van der Waals surface area contributed by atoms with Gasteiger partial charge in [-0.25, -0.2) is 9.79 Å². The van der Waals surface area contributed by atoms with Gasteiger partial charge in [0.15, 0.2) is 4.80 Å². The number of rotatable bonds is 7. The number of thiazole rings is 1. The van der Waals surface area contributed by atoms with Crippen molar-refractivity contribution in [3.8, 4) is 11.3 Å². The summed E-state index contributed by atoms with van der Waals surface area (Å²) >= 11 is 8.98. The summed E-state index contributed by atoms with van der Waals surface area (Å²) < 4.78 is 13.4. The van der Waals surface area contributed by atoms with Crippen LogP contribution in [0, 0.1) is 0 Å². The maximum Gasteiger partial charge on any atom is 0.338 e. The summed E-state index contributed by atoms with van der Waals surface area (Å²) in [7, 11) is 0. The van der Waals surface area contributed by atoms with Crippen LogP contribution in [0.1, 0.15) is 24.3 Å². The number of furan rings is 1. The maximum atomic E-state index is 13.8. The molecule has 1 atom stereocenters. The number of hydrogen-bond acceptors (Lipinski definition) is 7. The number of thioether (sulfide) groups is 1. The van der Waals surface area contributed by atoms with Crippen molar-refractivity contribution in [3.05, 3.63) is 121 Å². The van der Waals surface area contributed by atoms with E-state index in [2.05, 4.69) is 11.6 Å². The lowest BCUT2D eigenvalue weighted by atomic mass is 9.96. The van der Waals surface area contributed by atoms with E-state index >= 15 is 0 Å². The van der Waals surface area contributed by atoms with Crippen molar-refractivity contribution in [2.45, 2.75) is 17.9 Å². The zero-order valence-electron chi connectivity index (χ0n) is 20.6. The van der Waals surface area contributed by atoms with Crippen LogP contribution in [0.5, 0.6) is 0 Å². The van der Waals surface area contributed by atoms with E-state index in [-0.39, 0.29) is 12.2 Å². The van der Waals surface area contributed by atoms with E-state index in [9.17, 15) is 9.59 Å². The number of nitrogens with zero attached hydrogens (tertiary/aromatic N) is 2. The molecule has 9 heteroatoms. The third-order valence-corrected chi connectivity index (χ3v) is 7.98. The smallest absolute Gasteiger partial charge is 0.338 e. The average molecular weight is 563 g/mol. The molecule has 6 nitrogen and oxygen atoms in total. The first-order valence-electron chi connectivity index (χ1n) is 11.7. The van der Waals surface area contributed by atoms with Gasteiger partial charge in [0.1, 0.15) is 18.1 Å². The number of hydrogen-bond donors (Lipinski definition) is 0. The quantitative estimate of drug-likeness (QED) is 0.166. The van der Waals surface area contributed by atoms with Crippen molar-refractivity contribution >= 4 is 46.7 Å². The van der Waals surface area contributed by atoms with Gasteiger partial charge in [0.25, 0.3) is 5.56 Å². The lowest BCUT2D eigenvalue weighted by Gasteiger charge is -2.24. The fourth-order valence-corrected chi connectivity index (χ4v) is 5.88. The molecule has 38 heavy (non-hydrogen) atoms. The predicted molar refractivity (Wildman–Crippen MR) is 152 cm³/mol. The number of fused-ring (bicyclic) bond motifs is 1. The van der Waals surface area contributed by atoms with Gasteiger partial charge in [-0.3, -0.25) is 9.36 Å². The molecule has 0 saturated carbocycles. The monoisotopic (exact) mass is 562 g/mol. The Balaban J connectivity index is 1.62. The molecule has 2 aromatic heterocycles. The predicted octanol–water partition coefficient (Wildman–Crippen LogP) is 5.60. The Morgan fingerprint density at radius 2 is 2.03 bits per heavy atom. The Bertz CT molecular complexity index is 1750. The summed E-state index contributed by atoms with van der Waals surface area (Å²) in [5.41, 5.74) is 2.19. The van der Waals surface area contributed by atoms with Crippen molar-refractivity contribution in [1.29, 1.82) is 0 Å². The number of halogens is 1. The van der Waals surface area contributed by atoms with Crippen LogP contribution in [0.3, 0.4) is 0 Å². The van der Waals surface area contributed by atoms with Crippen LogP contribution in [0.15, 0.2) is 104 Å². The van der Waals surface area contributed by atoms with E-state index in [4.69, 9.17) is 20.8 Å². The molecular formula is C29H23ClN2O4S2. The van der Waals surface area contributed by atoms with E-state index in [0.29, 0.717) is 37.1 Å². The molecule has 2 aromatic carbocycles. The number of carbonyl (C=O) groups is 1. The second kappa shape index (κ2) is 11.0. The summed E-state index contributed by atoms with van der Waals surface area (Å²) in [4.78, 5) is 33.1. The molecule has 0 N–H and O–H groups in total. The van der Waals surface area contributed by atoms with E-state index in [1.165, 1.54) is 17.4 Å². The van der Waals surface area contributed by atoms with E-state index < -0.39 is 12.0 Å². The Kier molecular flexibility index (Phi) is 7.56. The summed E-state index contributed by atoms with van der Waals surface area (Å²) in [5.74, 6) is 0.630. The Labute approximate surface area is 232 Å². The van der Waals surface area contributed by atoms with E-state index in [1.807, 2.05) is 54.8 Å². The second-order valence-corrected chi connectivity index (χ2v) is 10.8. The number of esters is 1. The number of benzene rings is 2. The molecular weight excluding hydrogens is 540 g/mol. The van der Waals surface area contributed by atoms with Crippen LogP contribution in [-0.4, -0.2) is 23.4 Å². The van der Waals surface area contributed by atoms with Crippen molar-refractivity contribution in [3.63, 3.8) is 0 Å². The van der Waals surface area contributed by atoms with Gasteiger partial charge < -0.3 is 9.15 Å². The topological polar surface area (TPSA) is 73.8 Å². The van der Waals surface area contributed by atoms with Crippen LogP contribution in [0.2, 0.25) is 5.02 Å². The van der Waals surface area contributed by atoms with Crippen LogP contribution < -0.4 is 14.9 Å².